The van der Waals surface area contributed by atoms with Crippen LogP contribution in [0.2, 0.25) is 0 Å². The molecule has 19 heavy (non-hydrogen) atoms. The van der Waals surface area contributed by atoms with E-state index in [1.165, 1.54) is 17.5 Å². The predicted molar refractivity (Wildman–Crippen MR) is 82.3 cm³/mol. The zero-order valence-electron chi connectivity index (χ0n) is 12.8. The van der Waals surface area contributed by atoms with Gasteiger partial charge in [0.25, 0.3) is 0 Å². The van der Waals surface area contributed by atoms with Gasteiger partial charge in [-0.2, -0.15) is 0 Å². The van der Waals surface area contributed by atoms with Crippen LogP contribution in [0, 0.1) is 5.92 Å². The van der Waals surface area contributed by atoms with Crippen molar-refractivity contribution in [2.24, 2.45) is 11.7 Å². The smallest absolute Gasteiger partial charge is 0.0375 e. The van der Waals surface area contributed by atoms with Crippen molar-refractivity contribution in [2.75, 3.05) is 13.6 Å². The van der Waals surface area contributed by atoms with Gasteiger partial charge in [-0.05, 0) is 50.3 Å². The summed E-state index contributed by atoms with van der Waals surface area (Å²) in [4.78, 5) is 2.54. The van der Waals surface area contributed by atoms with Gasteiger partial charge in [-0.3, -0.25) is 4.90 Å². The van der Waals surface area contributed by atoms with Crippen molar-refractivity contribution in [3.8, 4) is 0 Å². The van der Waals surface area contributed by atoms with Crippen LogP contribution < -0.4 is 5.73 Å². The molecule has 0 heterocycles. The highest BCUT2D eigenvalue weighted by molar-refractivity contribution is 5.32. The van der Waals surface area contributed by atoms with Gasteiger partial charge < -0.3 is 5.73 Å². The Morgan fingerprint density at radius 1 is 1.21 bits per heavy atom. The number of aryl methyl sites for hydroxylation is 1. The summed E-state index contributed by atoms with van der Waals surface area (Å²) in [6.45, 7) is 7.65. The van der Waals surface area contributed by atoms with Crippen LogP contribution in [0.4, 0.5) is 0 Å². The molecule has 2 heteroatoms. The van der Waals surface area contributed by atoms with Gasteiger partial charge in [0, 0.05) is 18.1 Å². The molecule has 0 bridgehead atoms. The second kappa shape index (κ2) is 5.64. The molecular weight excluding hydrogens is 232 g/mol. The van der Waals surface area contributed by atoms with Gasteiger partial charge in [-0.25, -0.2) is 0 Å². The van der Waals surface area contributed by atoms with E-state index < -0.39 is 0 Å². The molecule has 1 aliphatic rings. The molecule has 0 saturated carbocycles. The molecule has 2 unspecified atom stereocenters. The summed E-state index contributed by atoms with van der Waals surface area (Å²) in [6, 6.07) is 9.40. The number of benzene rings is 1. The van der Waals surface area contributed by atoms with E-state index in [9.17, 15) is 0 Å². The van der Waals surface area contributed by atoms with Crippen LogP contribution in [-0.4, -0.2) is 30.1 Å². The molecule has 0 fully saturated rings. The number of likely N-dealkylation sites (N-methyl/N-ethyl adjacent to an activating group) is 1. The molecule has 106 valence electrons. The van der Waals surface area contributed by atoms with Crippen molar-refractivity contribution < 1.29 is 0 Å². The quantitative estimate of drug-likeness (QED) is 0.902. The fraction of sp³-hybridized carbons (Fsp3) is 0.647. The summed E-state index contributed by atoms with van der Waals surface area (Å²) < 4.78 is 0. The largest absolute Gasteiger partial charge is 0.329 e. The number of nitrogens with two attached hydrogens (primary N) is 1. The van der Waals surface area contributed by atoms with Crippen molar-refractivity contribution in [1.29, 1.82) is 0 Å². The first-order chi connectivity index (χ1) is 9.00. The third-order valence-electron chi connectivity index (χ3n) is 5.20. The monoisotopic (exact) mass is 260 g/mol. The first-order valence-electron chi connectivity index (χ1n) is 7.50. The average Bonchev–Trinajstić information content (AvgIpc) is 2.44. The molecule has 0 aliphatic heterocycles. The molecule has 2 nitrogen and oxygen atoms in total. The maximum atomic E-state index is 6.19. The molecule has 2 rings (SSSR count). The normalized spacial score (nSPS) is 24.6. The van der Waals surface area contributed by atoms with E-state index in [2.05, 4.69) is 57.0 Å². The van der Waals surface area contributed by atoms with Gasteiger partial charge in [0.05, 0.1) is 0 Å². The summed E-state index contributed by atoms with van der Waals surface area (Å²) in [7, 11) is 2.26. The lowest BCUT2D eigenvalue weighted by atomic mass is 9.76. The van der Waals surface area contributed by atoms with Gasteiger partial charge in [0.15, 0.2) is 0 Å². The minimum Gasteiger partial charge on any atom is -0.329 e. The second-order valence-corrected chi connectivity index (χ2v) is 6.47. The molecule has 1 aromatic carbocycles. The van der Waals surface area contributed by atoms with E-state index in [-0.39, 0.29) is 5.54 Å². The molecule has 0 spiro atoms. The first-order valence-corrected chi connectivity index (χ1v) is 7.50. The van der Waals surface area contributed by atoms with Gasteiger partial charge in [0.2, 0.25) is 0 Å². The highest BCUT2D eigenvalue weighted by Crippen LogP contribution is 2.34. The lowest BCUT2D eigenvalue weighted by Gasteiger charge is -2.48. The highest BCUT2D eigenvalue weighted by atomic mass is 15.2. The van der Waals surface area contributed by atoms with E-state index in [0.717, 1.165) is 19.4 Å². The van der Waals surface area contributed by atoms with Crippen LogP contribution in [-0.2, 0) is 12.8 Å². The Labute approximate surface area is 118 Å². The molecule has 0 amide bonds. The topological polar surface area (TPSA) is 29.3 Å². The van der Waals surface area contributed by atoms with Crippen LogP contribution >= 0.6 is 0 Å². The number of fused-ring (bicyclic) bond motifs is 1. The first kappa shape index (κ1) is 14.5. The number of rotatable bonds is 4. The Bertz CT molecular complexity index is 427. The predicted octanol–water partition coefficient (Wildman–Crippen LogP) is 2.85. The van der Waals surface area contributed by atoms with E-state index >= 15 is 0 Å². The Morgan fingerprint density at radius 2 is 1.84 bits per heavy atom. The zero-order valence-corrected chi connectivity index (χ0v) is 12.8. The van der Waals surface area contributed by atoms with E-state index in [1.807, 2.05) is 0 Å². The van der Waals surface area contributed by atoms with E-state index in [4.69, 9.17) is 5.73 Å². The zero-order chi connectivity index (χ0) is 14.0. The lowest BCUT2D eigenvalue weighted by molar-refractivity contribution is 0.0511. The summed E-state index contributed by atoms with van der Waals surface area (Å²) in [5, 5.41) is 0. The van der Waals surface area contributed by atoms with Gasteiger partial charge >= 0.3 is 0 Å². The van der Waals surface area contributed by atoms with E-state index in [0.29, 0.717) is 12.0 Å². The summed E-state index contributed by atoms with van der Waals surface area (Å²) >= 11 is 0. The molecule has 0 radical (unpaired) electrons. The third-order valence-corrected chi connectivity index (χ3v) is 5.20. The summed E-state index contributed by atoms with van der Waals surface area (Å²) in [6.07, 6.45) is 3.42. The second-order valence-electron chi connectivity index (χ2n) is 6.47. The van der Waals surface area contributed by atoms with Crippen LogP contribution in [0.1, 0.15) is 38.3 Å². The lowest BCUT2D eigenvalue weighted by Crippen LogP contribution is -2.59. The van der Waals surface area contributed by atoms with Crippen molar-refractivity contribution in [3.63, 3.8) is 0 Å². The molecule has 1 aromatic rings. The summed E-state index contributed by atoms with van der Waals surface area (Å²) in [5.74, 6) is 0.658. The Morgan fingerprint density at radius 3 is 2.42 bits per heavy atom. The molecule has 0 aromatic heterocycles. The third kappa shape index (κ3) is 2.70. The molecule has 2 atom stereocenters. The van der Waals surface area contributed by atoms with Crippen molar-refractivity contribution in [3.05, 3.63) is 35.4 Å². The standard InChI is InChI=1S/C17H28N2/c1-13(2)14(3)19(4)17(12-18)10-9-15-7-5-6-8-16(15)11-17/h5-8,13-14H,9-12,18H2,1-4H3. The maximum absolute atomic E-state index is 6.19. The fourth-order valence-corrected chi connectivity index (χ4v) is 3.28. The van der Waals surface area contributed by atoms with Crippen molar-refractivity contribution >= 4 is 0 Å². The Hall–Kier alpha value is -0.860. The molecule has 1 aliphatic carbocycles. The molecule has 0 saturated heterocycles. The maximum Gasteiger partial charge on any atom is 0.0375 e. The van der Waals surface area contributed by atoms with Crippen LogP contribution in [0.3, 0.4) is 0 Å². The minimum absolute atomic E-state index is 0.137. The van der Waals surface area contributed by atoms with E-state index in [1.54, 1.807) is 0 Å². The molecular formula is C17H28N2. The van der Waals surface area contributed by atoms with Crippen molar-refractivity contribution in [1.82, 2.24) is 4.90 Å². The molecule has 2 N–H and O–H groups in total. The number of hydrogen-bond acceptors (Lipinski definition) is 2. The number of nitrogens with zero attached hydrogens (tertiary/aromatic N) is 1. The highest BCUT2D eigenvalue weighted by Gasteiger charge is 2.39. The fourth-order valence-electron chi connectivity index (χ4n) is 3.28. The van der Waals surface area contributed by atoms with Gasteiger partial charge in [-0.1, -0.05) is 38.1 Å². The van der Waals surface area contributed by atoms with Crippen LogP contribution in [0.5, 0.6) is 0 Å². The summed E-state index contributed by atoms with van der Waals surface area (Å²) in [5.41, 5.74) is 9.33. The van der Waals surface area contributed by atoms with Crippen molar-refractivity contribution in [2.45, 2.75) is 51.6 Å². The Kier molecular flexibility index (Phi) is 4.32. The Balaban J connectivity index is 2.26. The van der Waals surface area contributed by atoms with Crippen LogP contribution in [0.15, 0.2) is 24.3 Å². The minimum atomic E-state index is 0.137. The van der Waals surface area contributed by atoms with Crippen LogP contribution in [0.25, 0.3) is 0 Å². The average molecular weight is 260 g/mol. The van der Waals surface area contributed by atoms with Gasteiger partial charge in [0.1, 0.15) is 0 Å². The SMILES string of the molecule is CC(C)C(C)N(C)C1(CN)CCc2ccccc2C1. The van der Waals surface area contributed by atoms with Gasteiger partial charge in [-0.15, -0.1) is 0 Å². The number of hydrogen-bond donors (Lipinski definition) is 1.